The summed E-state index contributed by atoms with van der Waals surface area (Å²) in [4.78, 5) is 31.2. The van der Waals surface area contributed by atoms with E-state index in [1.807, 2.05) is 6.92 Å². The highest BCUT2D eigenvalue weighted by Gasteiger charge is 2.33. The Bertz CT molecular complexity index is 1020. The molecule has 1 aromatic carbocycles. The maximum atomic E-state index is 13.7. The van der Waals surface area contributed by atoms with E-state index in [1.165, 1.54) is 26.4 Å². The van der Waals surface area contributed by atoms with Crippen LogP contribution in [0.4, 0.5) is 20.2 Å². The SMILES string of the molecule is CCc1nc(OC)c(NN2CCN(c3cc(F)cc(F)c3)CC2C(=O)SC)cc1C(=O)OC. The normalized spacial score (nSPS) is 16.4. The number of aryl methyl sites for hydroxylation is 1. The molecule has 1 saturated heterocycles. The number of carbonyl (C=O) groups excluding carboxylic acids is 2. The van der Waals surface area contributed by atoms with Crippen molar-refractivity contribution in [1.29, 1.82) is 0 Å². The molecule has 3 rings (SSSR count). The Kier molecular flexibility index (Phi) is 8.09. The van der Waals surface area contributed by atoms with Crippen molar-refractivity contribution in [3.8, 4) is 5.88 Å². The van der Waals surface area contributed by atoms with E-state index in [1.54, 1.807) is 22.2 Å². The standard InChI is InChI=1S/C22H26F2N4O4S/c1-5-17-16(21(29)32-3)11-18(20(25-17)31-2)26-28-7-6-27(12-19(28)22(30)33-4)15-9-13(23)8-14(24)10-15/h8-11,19,26H,5-7,12H2,1-4H3. The Hall–Kier alpha value is -2.92. The monoisotopic (exact) mass is 480 g/mol. The third-order valence-electron chi connectivity index (χ3n) is 5.33. The van der Waals surface area contributed by atoms with Crippen LogP contribution in [0.25, 0.3) is 0 Å². The molecule has 2 aromatic rings. The van der Waals surface area contributed by atoms with Crippen molar-refractivity contribution >= 4 is 34.2 Å². The average Bonchev–Trinajstić information content (AvgIpc) is 2.82. The lowest BCUT2D eigenvalue weighted by Crippen LogP contribution is -2.58. The van der Waals surface area contributed by atoms with Crippen LogP contribution < -0.4 is 15.1 Å². The summed E-state index contributed by atoms with van der Waals surface area (Å²) in [6.45, 7) is 2.83. The first-order valence-corrected chi connectivity index (χ1v) is 11.5. The largest absolute Gasteiger partial charge is 0.479 e. The molecule has 1 unspecified atom stereocenters. The summed E-state index contributed by atoms with van der Waals surface area (Å²) < 4.78 is 37.7. The number of piperazine rings is 1. The lowest BCUT2D eigenvalue weighted by Gasteiger charge is -2.41. The molecule has 1 fully saturated rings. The molecule has 33 heavy (non-hydrogen) atoms. The predicted molar refractivity (Wildman–Crippen MR) is 123 cm³/mol. The van der Waals surface area contributed by atoms with E-state index < -0.39 is 23.6 Å². The molecule has 1 aromatic heterocycles. The van der Waals surface area contributed by atoms with E-state index in [2.05, 4.69) is 10.4 Å². The van der Waals surface area contributed by atoms with Crippen LogP contribution in [0, 0.1) is 11.6 Å². The van der Waals surface area contributed by atoms with Gasteiger partial charge in [-0.2, -0.15) is 0 Å². The molecule has 0 saturated carbocycles. The lowest BCUT2D eigenvalue weighted by molar-refractivity contribution is -0.115. The van der Waals surface area contributed by atoms with Gasteiger partial charge in [0.05, 0.1) is 25.5 Å². The number of nitrogens with one attached hydrogen (secondary N) is 1. The van der Waals surface area contributed by atoms with Gasteiger partial charge in [-0.1, -0.05) is 18.7 Å². The summed E-state index contributed by atoms with van der Waals surface area (Å²) in [5.41, 5.74) is 4.75. The summed E-state index contributed by atoms with van der Waals surface area (Å²) in [5.74, 6) is -1.62. The van der Waals surface area contributed by atoms with Crippen LogP contribution in [0.1, 0.15) is 23.0 Å². The maximum Gasteiger partial charge on any atom is 0.339 e. The number of anilines is 2. The Labute approximate surface area is 195 Å². The minimum Gasteiger partial charge on any atom is -0.479 e. The highest BCUT2D eigenvalue weighted by Crippen LogP contribution is 2.29. The average molecular weight is 481 g/mol. The van der Waals surface area contributed by atoms with Crippen LogP contribution in [0.3, 0.4) is 0 Å². The molecular weight excluding hydrogens is 454 g/mol. The van der Waals surface area contributed by atoms with Gasteiger partial charge in [0.1, 0.15) is 23.4 Å². The first kappa shape index (κ1) is 24.7. The Morgan fingerprint density at radius 3 is 2.45 bits per heavy atom. The van der Waals surface area contributed by atoms with E-state index in [9.17, 15) is 18.4 Å². The number of benzene rings is 1. The molecule has 11 heteroatoms. The van der Waals surface area contributed by atoms with Crippen LogP contribution in [-0.4, -0.2) is 67.2 Å². The highest BCUT2D eigenvalue weighted by molar-refractivity contribution is 8.13. The second kappa shape index (κ2) is 10.8. The number of hydrogen-bond acceptors (Lipinski definition) is 9. The molecule has 0 spiro atoms. The van der Waals surface area contributed by atoms with Crippen molar-refractivity contribution in [3.05, 3.63) is 47.2 Å². The fourth-order valence-electron chi connectivity index (χ4n) is 3.69. The molecule has 1 N–H and O–H groups in total. The summed E-state index contributed by atoms with van der Waals surface area (Å²) in [5, 5.41) is 1.59. The van der Waals surface area contributed by atoms with Crippen molar-refractivity contribution in [3.63, 3.8) is 0 Å². The van der Waals surface area contributed by atoms with Gasteiger partial charge in [0, 0.05) is 31.4 Å². The number of hydrazine groups is 1. The van der Waals surface area contributed by atoms with Crippen molar-refractivity contribution in [1.82, 2.24) is 9.99 Å². The number of aromatic nitrogens is 1. The number of thioether (sulfide) groups is 1. The van der Waals surface area contributed by atoms with Gasteiger partial charge in [-0.05, 0) is 30.9 Å². The summed E-state index contributed by atoms with van der Waals surface area (Å²) >= 11 is 1.06. The highest BCUT2D eigenvalue weighted by atomic mass is 32.2. The number of hydrogen-bond donors (Lipinski definition) is 1. The quantitative estimate of drug-likeness (QED) is 0.601. The third-order valence-corrected chi connectivity index (χ3v) is 6.00. The second-order valence-corrected chi connectivity index (χ2v) is 8.11. The number of methoxy groups -OCH3 is 2. The Balaban J connectivity index is 1.91. The number of nitrogens with zero attached hydrogens (tertiary/aromatic N) is 3. The molecule has 1 aliphatic heterocycles. The molecule has 0 aliphatic carbocycles. The van der Waals surface area contributed by atoms with Crippen molar-refractivity contribution < 1.29 is 27.8 Å². The topological polar surface area (TPSA) is 84.0 Å². The van der Waals surface area contributed by atoms with Gasteiger partial charge in [0.25, 0.3) is 0 Å². The van der Waals surface area contributed by atoms with Gasteiger partial charge in [-0.25, -0.2) is 23.6 Å². The minimum absolute atomic E-state index is 0.130. The summed E-state index contributed by atoms with van der Waals surface area (Å²) in [6, 6.07) is 4.24. The van der Waals surface area contributed by atoms with E-state index in [0.717, 1.165) is 17.8 Å². The van der Waals surface area contributed by atoms with Gasteiger partial charge in [-0.3, -0.25) is 4.79 Å². The molecule has 8 nitrogen and oxygen atoms in total. The van der Waals surface area contributed by atoms with Crippen LogP contribution in [0.15, 0.2) is 24.3 Å². The maximum absolute atomic E-state index is 13.7. The lowest BCUT2D eigenvalue weighted by atomic mass is 10.1. The van der Waals surface area contributed by atoms with Gasteiger partial charge in [-0.15, -0.1) is 0 Å². The number of ether oxygens (including phenoxy) is 2. The van der Waals surface area contributed by atoms with E-state index in [0.29, 0.717) is 42.1 Å². The Morgan fingerprint density at radius 1 is 1.18 bits per heavy atom. The second-order valence-electron chi connectivity index (χ2n) is 7.30. The molecule has 1 aliphatic rings. The molecule has 2 heterocycles. The van der Waals surface area contributed by atoms with Crippen LogP contribution in [-0.2, 0) is 16.0 Å². The summed E-state index contributed by atoms with van der Waals surface area (Å²) in [7, 11) is 2.76. The summed E-state index contributed by atoms with van der Waals surface area (Å²) in [6.07, 6.45) is 2.17. The van der Waals surface area contributed by atoms with Crippen molar-refractivity contribution in [2.45, 2.75) is 19.4 Å². The van der Waals surface area contributed by atoms with Gasteiger partial charge < -0.3 is 19.8 Å². The first-order valence-electron chi connectivity index (χ1n) is 10.3. The molecule has 0 radical (unpaired) electrons. The zero-order valence-electron chi connectivity index (χ0n) is 18.9. The van der Waals surface area contributed by atoms with Gasteiger partial charge in [0.2, 0.25) is 11.0 Å². The zero-order valence-corrected chi connectivity index (χ0v) is 19.7. The van der Waals surface area contributed by atoms with Crippen LogP contribution in [0.5, 0.6) is 5.88 Å². The molecule has 0 bridgehead atoms. The third kappa shape index (κ3) is 5.53. The van der Waals surface area contributed by atoms with Crippen molar-refractivity contribution in [2.75, 3.05) is 50.4 Å². The number of rotatable bonds is 7. The van der Waals surface area contributed by atoms with E-state index in [-0.39, 0.29) is 17.5 Å². The predicted octanol–water partition coefficient (Wildman–Crippen LogP) is 3.12. The van der Waals surface area contributed by atoms with Crippen molar-refractivity contribution in [2.24, 2.45) is 0 Å². The van der Waals surface area contributed by atoms with E-state index >= 15 is 0 Å². The first-order chi connectivity index (χ1) is 15.8. The van der Waals surface area contributed by atoms with Gasteiger partial charge in [0.15, 0.2) is 0 Å². The number of pyridine rings is 1. The van der Waals surface area contributed by atoms with Crippen LogP contribution >= 0.6 is 11.8 Å². The smallest absolute Gasteiger partial charge is 0.339 e. The molecule has 0 amide bonds. The zero-order chi connectivity index (χ0) is 24.1. The molecule has 178 valence electrons. The molecule has 1 atom stereocenters. The van der Waals surface area contributed by atoms with Gasteiger partial charge >= 0.3 is 5.97 Å². The van der Waals surface area contributed by atoms with Crippen LogP contribution in [0.2, 0.25) is 0 Å². The minimum atomic E-state index is -0.680. The number of carbonyl (C=O) groups is 2. The fraction of sp³-hybridized carbons (Fsp3) is 0.409. The molecular formula is C22H26F2N4O4S. The van der Waals surface area contributed by atoms with E-state index in [4.69, 9.17) is 9.47 Å². The number of esters is 1. The Morgan fingerprint density at radius 2 is 1.88 bits per heavy atom. The fourth-order valence-corrected chi connectivity index (χ4v) is 4.16. The number of halogens is 2.